The standard InChI is InChI=1S/C18H26N4O2.HI/c1-12-6-7-16(23-5)15(10-12)8-9-20-18(19-4)21-11-17-22-13(2)14(3)24-17;/h6-7,10H,8-9,11H2,1-5H3,(H2,19,20,21);1H. The number of nitrogens with zero attached hydrogens (tertiary/aromatic N) is 2. The molecule has 7 heteroatoms. The first-order valence-electron chi connectivity index (χ1n) is 8.04. The van der Waals surface area contributed by atoms with E-state index >= 15 is 0 Å². The molecule has 0 aliphatic heterocycles. The van der Waals surface area contributed by atoms with Crippen molar-refractivity contribution in [3.63, 3.8) is 0 Å². The van der Waals surface area contributed by atoms with Gasteiger partial charge in [0.15, 0.2) is 5.96 Å². The van der Waals surface area contributed by atoms with Crippen LogP contribution in [0, 0.1) is 20.8 Å². The van der Waals surface area contributed by atoms with Gasteiger partial charge in [-0.05, 0) is 38.8 Å². The maximum atomic E-state index is 5.55. The Morgan fingerprint density at radius 1 is 1.24 bits per heavy atom. The summed E-state index contributed by atoms with van der Waals surface area (Å²) in [6.07, 6.45) is 0.850. The molecule has 0 saturated carbocycles. The lowest BCUT2D eigenvalue weighted by atomic mass is 10.1. The quantitative estimate of drug-likeness (QED) is 0.396. The molecule has 0 amide bonds. The van der Waals surface area contributed by atoms with Gasteiger partial charge in [-0.25, -0.2) is 4.98 Å². The molecule has 1 aromatic heterocycles. The Bertz CT molecular complexity index is 694. The summed E-state index contributed by atoms with van der Waals surface area (Å²) in [6.45, 7) is 7.18. The van der Waals surface area contributed by atoms with Gasteiger partial charge < -0.3 is 19.8 Å². The highest BCUT2D eigenvalue weighted by Gasteiger charge is 2.07. The minimum atomic E-state index is 0. The first-order chi connectivity index (χ1) is 11.5. The zero-order chi connectivity index (χ0) is 17.5. The highest BCUT2D eigenvalue weighted by Crippen LogP contribution is 2.19. The Morgan fingerprint density at radius 2 is 2.00 bits per heavy atom. The summed E-state index contributed by atoms with van der Waals surface area (Å²) in [5.74, 6) is 3.14. The van der Waals surface area contributed by atoms with Crippen molar-refractivity contribution < 1.29 is 9.15 Å². The number of methoxy groups -OCH3 is 1. The van der Waals surface area contributed by atoms with Crippen LogP contribution in [0.25, 0.3) is 0 Å². The lowest BCUT2D eigenvalue weighted by Gasteiger charge is -2.13. The van der Waals surface area contributed by atoms with Gasteiger partial charge in [0.1, 0.15) is 11.5 Å². The number of hydrogen-bond acceptors (Lipinski definition) is 4. The van der Waals surface area contributed by atoms with E-state index in [9.17, 15) is 0 Å². The number of aromatic nitrogens is 1. The van der Waals surface area contributed by atoms with E-state index in [1.54, 1.807) is 14.2 Å². The molecule has 0 atom stereocenters. The van der Waals surface area contributed by atoms with Crippen LogP contribution >= 0.6 is 24.0 Å². The molecule has 1 aromatic carbocycles. The number of hydrogen-bond donors (Lipinski definition) is 2. The highest BCUT2D eigenvalue weighted by molar-refractivity contribution is 14.0. The topological polar surface area (TPSA) is 71.7 Å². The predicted octanol–water partition coefficient (Wildman–Crippen LogP) is 3.13. The summed E-state index contributed by atoms with van der Waals surface area (Å²) in [5, 5.41) is 6.50. The van der Waals surface area contributed by atoms with Crippen molar-refractivity contribution in [3.05, 3.63) is 46.7 Å². The lowest BCUT2D eigenvalue weighted by molar-refractivity contribution is 0.409. The van der Waals surface area contributed by atoms with Crippen LogP contribution in [0.5, 0.6) is 5.75 Å². The molecule has 6 nitrogen and oxygen atoms in total. The summed E-state index contributed by atoms with van der Waals surface area (Å²) in [5.41, 5.74) is 3.32. The van der Waals surface area contributed by atoms with Crippen molar-refractivity contribution in [2.75, 3.05) is 20.7 Å². The molecular formula is C18H27IN4O2. The Kier molecular flexibility index (Phi) is 8.74. The van der Waals surface area contributed by atoms with E-state index in [0.29, 0.717) is 12.4 Å². The fourth-order valence-electron chi connectivity index (χ4n) is 2.41. The van der Waals surface area contributed by atoms with Gasteiger partial charge in [0.05, 0.1) is 19.3 Å². The third kappa shape index (κ3) is 6.22. The van der Waals surface area contributed by atoms with Crippen LogP contribution in [-0.2, 0) is 13.0 Å². The van der Waals surface area contributed by atoms with E-state index in [-0.39, 0.29) is 24.0 Å². The second kappa shape index (κ2) is 10.3. The van der Waals surface area contributed by atoms with Gasteiger partial charge in [-0.1, -0.05) is 17.7 Å². The predicted molar refractivity (Wildman–Crippen MR) is 111 cm³/mol. The van der Waals surface area contributed by atoms with Gasteiger partial charge >= 0.3 is 0 Å². The van der Waals surface area contributed by atoms with E-state index in [4.69, 9.17) is 9.15 Å². The summed E-state index contributed by atoms with van der Waals surface area (Å²) in [7, 11) is 3.44. The number of aryl methyl sites for hydroxylation is 3. The van der Waals surface area contributed by atoms with Crippen molar-refractivity contribution in [3.8, 4) is 5.75 Å². The molecule has 2 N–H and O–H groups in total. The van der Waals surface area contributed by atoms with Crippen molar-refractivity contribution in [1.82, 2.24) is 15.6 Å². The maximum absolute atomic E-state index is 5.55. The number of oxazole rings is 1. The molecule has 0 aliphatic carbocycles. The monoisotopic (exact) mass is 458 g/mol. The van der Waals surface area contributed by atoms with E-state index < -0.39 is 0 Å². The van der Waals surface area contributed by atoms with Crippen LogP contribution in [0.1, 0.15) is 28.5 Å². The first-order valence-corrected chi connectivity index (χ1v) is 8.04. The molecule has 138 valence electrons. The van der Waals surface area contributed by atoms with Crippen molar-refractivity contribution in [2.24, 2.45) is 4.99 Å². The van der Waals surface area contributed by atoms with Gasteiger partial charge in [0, 0.05) is 13.6 Å². The lowest BCUT2D eigenvalue weighted by Crippen LogP contribution is -2.38. The molecule has 1 heterocycles. The molecule has 2 aromatic rings. The second-order valence-electron chi connectivity index (χ2n) is 5.67. The van der Waals surface area contributed by atoms with Gasteiger partial charge in [-0.3, -0.25) is 4.99 Å². The smallest absolute Gasteiger partial charge is 0.214 e. The van der Waals surface area contributed by atoms with Gasteiger partial charge in [0.2, 0.25) is 5.89 Å². The fourth-order valence-corrected chi connectivity index (χ4v) is 2.41. The minimum absolute atomic E-state index is 0. The average Bonchev–Trinajstić information content (AvgIpc) is 2.89. The van der Waals surface area contributed by atoms with E-state index in [2.05, 4.69) is 39.7 Å². The number of ether oxygens (including phenoxy) is 1. The van der Waals surface area contributed by atoms with Crippen LogP contribution < -0.4 is 15.4 Å². The number of rotatable bonds is 6. The molecule has 0 saturated heterocycles. The number of halogens is 1. The van der Waals surface area contributed by atoms with Crippen molar-refractivity contribution >= 4 is 29.9 Å². The van der Waals surface area contributed by atoms with E-state index in [1.807, 2.05) is 19.9 Å². The molecular weight excluding hydrogens is 431 g/mol. The first kappa shape index (κ1) is 21.3. The minimum Gasteiger partial charge on any atom is -0.496 e. The van der Waals surface area contributed by atoms with Gasteiger partial charge in [0.25, 0.3) is 0 Å². The molecule has 0 aliphatic rings. The molecule has 0 bridgehead atoms. The zero-order valence-electron chi connectivity index (χ0n) is 15.5. The Morgan fingerprint density at radius 3 is 2.60 bits per heavy atom. The Labute approximate surface area is 166 Å². The van der Waals surface area contributed by atoms with E-state index in [0.717, 1.165) is 36.1 Å². The normalized spacial score (nSPS) is 11.0. The number of nitrogens with one attached hydrogen (secondary N) is 2. The van der Waals surface area contributed by atoms with Crippen LogP contribution in [0.15, 0.2) is 27.6 Å². The van der Waals surface area contributed by atoms with Crippen LogP contribution in [0.3, 0.4) is 0 Å². The number of aliphatic imine (C=N–C) groups is 1. The third-order valence-corrected chi connectivity index (χ3v) is 3.83. The van der Waals surface area contributed by atoms with Gasteiger partial charge in [-0.2, -0.15) is 0 Å². The summed E-state index contributed by atoms with van der Waals surface area (Å²) in [4.78, 5) is 8.57. The third-order valence-electron chi connectivity index (χ3n) is 3.83. The van der Waals surface area contributed by atoms with Gasteiger partial charge in [-0.15, -0.1) is 24.0 Å². The molecule has 0 spiro atoms. The summed E-state index contributed by atoms with van der Waals surface area (Å²) >= 11 is 0. The zero-order valence-corrected chi connectivity index (χ0v) is 17.8. The average molecular weight is 458 g/mol. The van der Waals surface area contributed by atoms with Crippen LogP contribution in [0.4, 0.5) is 0 Å². The molecule has 2 rings (SSSR count). The van der Waals surface area contributed by atoms with Crippen LogP contribution in [-0.4, -0.2) is 31.6 Å². The molecule has 0 fully saturated rings. The molecule has 0 unspecified atom stereocenters. The second-order valence-corrected chi connectivity index (χ2v) is 5.67. The summed E-state index contributed by atoms with van der Waals surface area (Å²) < 4.78 is 11.0. The van der Waals surface area contributed by atoms with Crippen LogP contribution in [0.2, 0.25) is 0 Å². The fraction of sp³-hybridized carbons (Fsp3) is 0.444. The SMILES string of the molecule is CN=C(NCCc1cc(C)ccc1OC)NCc1nc(C)c(C)o1.I. The maximum Gasteiger partial charge on any atom is 0.214 e. The Balaban J connectivity index is 0.00000312. The van der Waals surface area contributed by atoms with Crippen molar-refractivity contribution in [1.29, 1.82) is 0 Å². The largest absolute Gasteiger partial charge is 0.496 e. The summed E-state index contributed by atoms with van der Waals surface area (Å²) in [6, 6.07) is 6.20. The number of benzene rings is 1. The Hall–Kier alpha value is -1.77. The molecule has 0 radical (unpaired) electrons. The van der Waals surface area contributed by atoms with E-state index in [1.165, 1.54) is 11.1 Å². The van der Waals surface area contributed by atoms with Crippen molar-refractivity contribution in [2.45, 2.75) is 33.7 Å². The molecule has 25 heavy (non-hydrogen) atoms. The highest BCUT2D eigenvalue weighted by atomic mass is 127. The number of guanidine groups is 1.